The standard InChI is InChI=1S/C16H17Cl2NO3/c1-10(2)22-16(21)19-6-5-13(12(8-19)9-20)11-3-4-14(17)15(18)7-11/h3-4,7,20H,1,5-6,8-9H2,2H3. The number of halogens is 2. The van der Waals surface area contributed by atoms with Gasteiger partial charge in [-0.25, -0.2) is 4.79 Å². The number of carbonyl (C=O) groups excluding carboxylic acids is 1. The van der Waals surface area contributed by atoms with E-state index < -0.39 is 6.09 Å². The molecule has 118 valence electrons. The van der Waals surface area contributed by atoms with Crippen LogP contribution in [-0.4, -0.2) is 35.8 Å². The highest BCUT2D eigenvalue weighted by molar-refractivity contribution is 6.42. The second kappa shape index (κ2) is 7.18. The smallest absolute Gasteiger partial charge is 0.415 e. The molecule has 0 saturated heterocycles. The zero-order chi connectivity index (χ0) is 16.3. The third kappa shape index (κ3) is 3.83. The summed E-state index contributed by atoms with van der Waals surface area (Å²) in [6.45, 7) is 5.86. The average molecular weight is 342 g/mol. The van der Waals surface area contributed by atoms with Gasteiger partial charge in [0.25, 0.3) is 0 Å². The van der Waals surface area contributed by atoms with Crippen molar-refractivity contribution in [3.8, 4) is 0 Å². The predicted molar refractivity (Wildman–Crippen MR) is 88.0 cm³/mol. The fourth-order valence-corrected chi connectivity index (χ4v) is 2.67. The number of carbonyl (C=O) groups is 1. The van der Waals surface area contributed by atoms with E-state index in [2.05, 4.69) is 6.58 Å². The van der Waals surface area contributed by atoms with Gasteiger partial charge in [-0.15, -0.1) is 0 Å². The Morgan fingerprint density at radius 1 is 1.41 bits per heavy atom. The Labute approximate surface area is 139 Å². The lowest BCUT2D eigenvalue weighted by atomic mass is 9.94. The summed E-state index contributed by atoms with van der Waals surface area (Å²) in [5.74, 6) is 0.342. The average Bonchev–Trinajstić information content (AvgIpc) is 2.48. The molecule has 0 atom stereocenters. The van der Waals surface area contributed by atoms with Crippen LogP contribution in [0, 0.1) is 0 Å². The third-order valence-corrected chi connectivity index (χ3v) is 4.16. The predicted octanol–water partition coefficient (Wildman–Crippen LogP) is 4.12. The lowest BCUT2D eigenvalue weighted by Gasteiger charge is -2.30. The molecule has 0 bridgehead atoms. The molecule has 0 aromatic heterocycles. The van der Waals surface area contributed by atoms with E-state index in [0.29, 0.717) is 35.3 Å². The Balaban J connectivity index is 2.24. The number of rotatable bonds is 3. The maximum absolute atomic E-state index is 11.9. The number of hydrogen-bond donors (Lipinski definition) is 1. The van der Waals surface area contributed by atoms with Crippen molar-refractivity contribution in [2.24, 2.45) is 0 Å². The number of aliphatic hydroxyl groups excluding tert-OH is 1. The molecule has 1 aliphatic heterocycles. The van der Waals surface area contributed by atoms with E-state index >= 15 is 0 Å². The number of benzene rings is 1. The fourth-order valence-electron chi connectivity index (χ4n) is 2.38. The van der Waals surface area contributed by atoms with Crippen molar-refractivity contribution in [3.05, 3.63) is 51.7 Å². The van der Waals surface area contributed by atoms with Gasteiger partial charge in [-0.05, 0) is 42.2 Å². The molecule has 0 unspecified atom stereocenters. The highest BCUT2D eigenvalue weighted by Crippen LogP contribution is 2.32. The van der Waals surface area contributed by atoms with Gasteiger partial charge in [-0.3, -0.25) is 0 Å². The molecule has 1 aromatic carbocycles. The number of ether oxygens (including phenoxy) is 1. The summed E-state index contributed by atoms with van der Waals surface area (Å²) >= 11 is 12.0. The van der Waals surface area contributed by atoms with Crippen LogP contribution in [0.3, 0.4) is 0 Å². The molecule has 1 amide bonds. The molecule has 0 saturated carbocycles. The van der Waals surface area contributed by atoms with Gasteiger partial charge < -0.3 is 14.7 Å². The van der Waals surface area contributed by atoms with Crippen LogP contribution in [0.2, 0.25) is 10.0 Å². The van der Waals surface area contributed by atoms with Gasteiger partial charge in [0.1, 0.15) is 0 Å². The van der Waals surface area contributed by atoms with E-state index in [1.807, 2.05) is 6.07 Å². The lowest BCUT2D eigenvalue weighted by molar-refractivity contribution is 0.130. The van der Waals surface area contributed by atoms with E-state index in [1.165, 1.54) is 0 Å². The maximum Gasteiger partial charge on any atom is 0.415 e. The summed E-state index contributed by atoms with van der Waals surface area (Å²) in [6.07, 6.45) is 0.158. The second-order valence-corrected chi connectivity index (χ2v) is 5.93. The first-order valence-corrected chi connectivity index (χ1v) is 7.57. The summed E-state index contributed by atoms with van der Waals surface area (Å²) in [4.78, 5) is 13.5. The van der Waals surface area contributed by atoms with Crippen LogP contribution in [0.5, 0.6) is 0 Å². The van der Waals surface area contributed by atoms with Crippen LogP contribution in [0.1, 0.15) is 18.9 Å². The van der Waals surface area contributed by atoms with Crippen molar-refractivity contribution >= 4 is 34.9 Å². The van der Waals surface area contributed by atoms with Gasteiger partial charge in [0, 0.05) is 13.1 Å². The van der Waals surface area contributed by atoms with E-state index in [-0.39, 0.29) is 6.61 Å². The molecule has 1 aliphatic rings. The minimum absolute atomic E-state index is 0.133. The van der Waals surface area contributed by atoms with E-state index in [9.17, 15) is 9.90 Å². The number of aliphatic hydroxyl groups is 1. The van der Waals surface area contributed by atoms with Crippen molar-refractivity contribution in [2.45, 2.75) is 13.3 Å². The summed E-state index contributed by atoms with van der Waals surface area (Å²) in [5.41, 5.74) is 2.66. The van der Waals surface area contributed by atoms with Crippen LogP contribution in [-0.2, 0) is 4.74 Å². The number of hydrogen-bond acceptors (Lipinski definition) is 3. The highest BCUT2D eigenvalue weighted by atomic mass is 35.5. The van der Waals surface area contributed by atoms with Crippen LogP contribution in [0.4, 0.5) is 4.79 Å². The van der Waals surface area contributed by atoms with E-state index in [4.69, 9.17) is 27.9 Å². The molecule has 2 rings (SSSR count). The molecular weight excluding hydrogens is 325 g/mol. The first-order chi connectivity index (χ1) is 10.4. The molecule has 22 heavy (non-hydrogen) atoms. The minimum atomic E-state index is -0.452. The van der Waals surface area contributed by atoms with E-state index in [1.54, 1.807) is 24.0 Å². The summed E-state index contributed by atoms with van der Waals surface area (Å²) in [7, 11) is 0. The van der Waals surface area contributed by atoms with Crippen LogP contribution in [0.25, 0.3) is 5.57 Å². The largest absolute Gasteiger partial charge is 0.416 e. The number of amides is 1. The van der Waals surface area contributed by atoms with Gasteiger partial charge in [0.2, 0.25) is 0 Å². The van der Waals surface area contributed by atoms with Crippen molar-refractivity contribution in [2.75, 3.05) is 19.7 Å². The second-order valence-electron chi connectivity index (χ2n) is 5.11. The Hall–Kier alpha value is -1.49. The first-order valence-electron chi connectivity index (χ1n) is 6.81. The Morgan fingerprint density at radius 2 is 2.14 bits per heavy atom. The van der Waals surface area contributed by atoms with Crippen LogP contribution in [0.15, 0.2) is 36.1 Å². The molecule has 1 heterocycles. The molecule has 1 N–H and O–H groups in total. The molecule has 0 radical (unpaired) electrons. The summed E-state index contributed by atoms with van der Waals surface area (Å²) in [6, 6.07) is 5.36. The molecular formula is C16H17Cl2NO3. The Morgan fingerprint density at radius 3 is 2.73 bits per heavy atom. The molecule has 4 nitrogen and oxygen atoms in total. The number of nitrogens with zero attached hydrogens (tertiary/aromatic N) is 1. The van der Waals surface area contributed by atoms with Crippen molar-refractivity contribution in [1.82, 2.24) is 4.90 Å². The normalized spacial score (nSPS) is 15.0. The van der Waals surface area contributed by atoms with Gasteiger partial charge in [-0.1, -0.05) is 35.8 Å². The molecule has 0 spiro atoms. The van der Waals surface area contributed by atoms with Crippen molar-refractivity contribution < 1.29 is 14.6 Å². The van der Waals surface area contributed by atoms with Crippen LogP contribution < -0.4 is 0 Å². The van der Waals surface area contributed by atoms with Gasteiger partial charge >= 0.3 is 6.09 Å². The Kier molecular flexibility index (Phi) is 5.51. The minimum Gasteiger partial charge on any atom is -0.416 e. The molecule has 0 aliphatic carbocycles. The van der Waals surface area contributed by atoms with E-state index in [0.717, 1.165) is 16.7 Å². The molecule has 6 heteroatoms. The van der Waals surface area contributed by atoms with Gasteiger partial charge in [-0.2, -0.15) is 0 Å². The highest BCUT2D eigenvalue weighted by Gasteiger charge is 2.24. The van der Waals surface area contributed by atoms with Crippen molar-refractivity contribution in [1.29, 1.82) is 0 Å². The van der Waals surface area contributed by atoms with Gasteiger partial charge in [0.15, 0.2) is 0 Å². The number of allylic oxidation sites excluding steroid dienone is 1. The first kappa shape index (κ1) is 16.9. The van der Waals surface area contributed by atoms with Crippen LogP contribution >= 0.6 is 23.2 Å². The topological polar surface area (TPSA) is 49.8 Å². The SMILES string of the molecule is C=C(C)OC(=O)N1CCC(c2ccc(Cl)c(Cl)c2)=C(CO)C1. The monoisotopic (exact) mass is 341 g/mol. The van der Waals surface area contributed by atoms with Gasteiger partial charge in [0.05, 0.1) is 22.4 Å². The molecule has 0 fully saturated rings. The summed E-state index contributed by atoms with van der Waals surface area (Å²) < 4.78 is 5.01. The fraction of sp³-hybridized carbons (Fsp3) is 0.312. The zero-order valence-corrected chi connectivity index (χ0v) is 13.7. The van der Waals surface area contributed by atoms with Crippen molar-refractivity contribution in [3.63, 3.8) is 0 Å². The third-order valence-electron chi connectivity index (χ3n) is 3.42. The quantitative estimate of drug-likeness (QED) is 0.841. The maximum atomic E-state index is 11.9. The zero-order valence-electron chi connectivity index (χ0n) is 12.2. The Bertz CT molecular complexity index is 640. The molecule has 1 aromatic rings. The summed E-state index contributed by atoms with van der Waals surface area (Å²) in [5, 5.41) is 10.6. The lowest BCUT2D eigenvalue weighted by Crippen LogP contribution is -2.37.